The van der Waals surface area contributed by atoms with Crippen molar-refractivity contribution < 1.29 is 19.1 Å². The lowest BCUT2D eigenvalue weighted by Gasteiger charge is -2.34. The first-order valence-corrected chi connectivity index (χ1v) is 10.1. The van der Waals surface area contributed by atoms with E-state index in [4.69, 9.17) is 9.47 Å². The van der Waals surface area contributed by atoms with Gasteiger partial charge in [0.25, 0.3) is 0 Å². The smallest absolute Gasteiger partial charge is 0.244 e. The number of piperazine rings is 1. The molecule has 1 aromatic heterocycles. The Labute approximate surface area is 181 Å². The van der Waals surface area contributed by atoms with Gasteiger partial charge in [-0.1, -0.05) is 12.1 Å². The van der Waals surface area contributed by atoms with Gasteiger partial charge >= 0.3 is 0 Å². The van der Waals surface area contributed by atoms with Crippen molar-refractivity contribution in [2.24, 2.45) is 0 Å². The van der Waals surface area contributed by atoms with Crippen molar-refractivity contribution in [3.63, 3.8) is 0 Å². The van der Waals surface area contributed by atoms with Gasteiger partial charge in [0.05, 0.1) is 26.1 Å². The average molecular weight is 428 g/mol. The molecule has 9 nitrogen and oxygen atoms in total. The minimum absolute atomic E-state index is 0.0113. The third-order valence-electron chi connectivity index (χ3n) is 5.30. The maximum absolute atomic E-state index is 12.7. The van der Waals surface area contributed by atoms with E-state index in [2.05, 4.69) is 10.2 Å². The molecule has 0 unspecified atom stereocenters. The van der Waals surface area contributed by atoms with Gasteiger partial charge in [0.2, 0.25) is 17.2 Å². The van der Waals surface area contributed by atoms with Crippen LogP contribution in [0.15, 0.2) is 41.3 Å². The fourth-order valence-electron chi connectivity index (χ4n) is 3.57. The number of methoxy groups -OCH3 is 2. The minimum atomic E-state index is -0.252. The molecule has 3 rings (SSSR count). The van der Waals surface area contributed by atoms with E-state index < -0.39 is 0 Å². The number of para-hydroxylation sites is 2. The van der Waals surface area contributed by atoms with E-state index in [1.807, 2.05) is 12.1 Å². The number of carbonyl (C=O) groups excluding carboxylic acids is 2. The zero-order valence-electron chi connectivity index (χ0n) is 18.1. The van der Waals surface area contributed by atoms with Crippen LogP contribution in [-0.4, -0.2) is 66.6 Å². The normalized spacial score (nSPS) is 14.2. The van der Waals surface area contributed by atoms with Gasteiger partial charge in [-0.25, -0.2) is 0 Å². The van der Waals surface area contributed by atoms with Gasteiger partial charge in [0.1, 0.15) is 12.3 Å². The second-order valence-electron chi connectivity index (χ2n) is 7.36. The molecule has 1 saturated heterocycles. The summed E-state index contributed by atoms with van der Waals surface area (Å²) in [5.41, 5.74) is 1.04. The summed E-state index contributed by atoms with van der Waals surface area (Å²) in [6.07, 6.45) is 1.56. The van der Waals surface area contributed by atoms with Crippen molar-refractivity contribution in [2.75, 3.05) is 45.7 Å². The highest BCUT2D eigenvalue weighted by atomic mass is 16.5. The number of nitrogens with one attached hydrogen (secondary N) is 1. The van der Waals surface area contributed by atoms with Crippen LogP contribution in [0.4, 0.5) is 5.69 Å². The molecular weight excluding hydrogens is 400 g/mol. The Balaban J connectivity index is 1.76. The fourth-order valence-corrected chi connectivity index (χ4v) is 3.57. The van der Waals surface area contributed by atoms with Gasteiger partial charge in [0, 0.05) is 51.4 Å². The highest BCUT2D eigenvalue weighted by molar-refractivity contribution is 5.92. The summed E-state index contributed by atoms with van der Waals surface area (Å²) in [4.78, 5) is 40.6. The number of hydrogen-bond acceptors (Lipinski definition) is 6. The van der Waals surface area contributed by atoms with Crippen LogP contribution in [0.3, 0.4) is 0 Å². The number of aromatic nitrogens is 1. The lowest BCUT2D eigenvalue weighted by Crippen LogP contribution is -2.47. The summed E-state index contributed by atoms with van der Waals surface area (Å²) in [5.74, 6) is 0.555. The van der Waals surface area contributed by atoms with E-state index in [-0.39, 0.29) is 29.5 Å². The Morgan fingerprint density at radius 1 is 1.03 bits per heavy atom. The molecule has 1 N–H and O–H groups in total. The fraction of sp³-hybridized carbons (Fsp3) is 0.409. The summed E-state index contributed by atoms with van der Waals surface area (Å²) in [6, 6.07) is 8.67. The molecule has 0 aliphatic carbocycles. The molecule has 0 atom stereocenters. The van der Waals surface area contributed by atoms with Crippen molar-refractivity contribution in [1.29, 1.82) is 0 Å². The molecule has 2 amide bonds. The SMILES string of the molecule is COc1ccccc1NC(=O)Cn1cc(OC)c(=O)cc1CN1CCN(C(C)=O)CC1. The molecule has 0 spiro atoms. The lowest BCUT2D eigenvalue weighted by atomic mass is 10.2. The molecule has 1 aliphatic rings. The summed E-state index contributed by atoms with van der Waals surface area (Å²) < 4.78 is 12.2. The first kappa shape index (κ1) is 22.4. The predicted octanol–water partition coefficient (Wildman–Crippen LogP) is 1.17. The number of nitrogens with zero attached hydrogens (tertiary/aromatic N) is 3. The molecule has 1 aliphatic heterocycles. The number of pyridine rings is 1. The predicted molar refractivity (Wildman–Crippen MR) is 116 cm³/mol. The second kappa shape index (κ2) is 10.1. The van der Waals surface area contributed by atoms with Crippen LogP contribution < -0.4 is 20.2 Å². The molecule has 9 heteroatoms. The summed E-state index contributed by atoms with van der Waals surface area (Å²) in [5, 5.41) is 2.85. The maximum atomic E-state index is 12.7. The van der Waals surface area contributed by atoms with E-state index in [0.29, 0.717) is 49.9 Å². The molecule has 1 fully saturated rings. The molecule has 166 valence electrons. The maximum Gasteiger partial charge on any atom is 0.244 e. The van der Waals surface area contributed by atoms with Crippen LogP contribution in [0.5, 0.6) is 11.5 Å². The minimum Gasteiger partial charge on any atom is -0.495 e. The van der Waals surface area contributed by atoms with E-state index in [0.717, 1.165) is 0 Å². The summed E-state index contributed by atoms with van der Waals surface area (Å²) in [6.45, 7) is 4.76. The van der Waals surface area contributed by atoms with Crippen LogP contribution in [0.2, 0.25) is 0 Å². The van der Waals surface area contributed by atoms with E-state index >= 15 is 0 Å². The molecule has 1 aromatic carbocycles. The van der Waals surface area contributed by atoms with Crippen LogP contribution in [0.1, 0.15) is 12.6 Å². The molecule has 0 bridgehead atoms. The largest absolute Gasteiger partial charge is 0.495 e. The molecule has 2 aromatic rings. The number of benzene rings is 1. The Morgan fingerprint density at radius 2 is 1.71 bits per heavy atom. The molecule has 0 saturated carbocycles. The Hall–Kier alpha value is -3.33. The van der Waals surface area contributed by atoms with E-state index in [1.165, 1.54) is 13.2 Å². The number of anilines is 1. The monoisotopic (exact) mass is 428 g/mol. The molecule has 0 radical (unpaired) electrons. The van der Waals surface area contributed by atoms with Gasteiger partial charge < -0.3 is 24.3 Å². The standard InChI is InChI=1S/C22H28N4O5/c1-16(27)25-10-8-24(9-11-25)13-17-12-19(28)21(31-3)14-26(17)15-22(29)23-18-6-4-5-7-20(18)30-2/h4-7,12,14H,8-11,13,15H2,1-3H3,(H,23,29). The average Bonchev–Trinajstić information content (AvgIpc) is 2.76. The van der Waals surface area contributed by atoms with E-state index in [9.17, 15) is 14.4 Å². The highest BCUT2D eigenvalue weighted by Gasteiger charge is 2.20. The first-order chi connectivity index (χ1) is 14.9. The van der Waals surface area contributed by atoms with Crippen LogP contribution in [-0.2, 0) is 22.7 Å². The third-order valence-corrected chi connectivity index (χ3v) is 5.30. The van der Waals surface area contributed by atoms with Gasteiger partial charge in [-0.3, -0.25) is 19.3 Å². The number of carbonyl (C=O) groups is 2. The lowest BCUT2D eigenvalue weighted by molar-refractivity contribution is -0.130. The topological polar surface area (TPSA) is 93.1 Å². The van der Waals surface area contributed by atoms with Gasteiger partial charge in [-0.05, 0) is 12.1 Å². The summed E-state index contributed by atoms with van der Waals surface area (Å²) >= 11 is 0. The zero-order valence-corrected chi connectivity index (χ0v) is 18.1. The molecule has 2 heterocycles. The van der Waals surface area contributed by atoms with Gasteiger partial charge in [0.15, 0.2) is 5.75 Å². The van der Waals surface area contributed by atoms with Crippen LogP contribution >= 0.6 is 0 Å². The Kier molecular flexibility index (Phi) is 7.30. The Morgan fingerprint density at radius 3 is 2.35 bits per heavy atom. The number of ether oxygens (including phenoxy) is 2. The van der Waals surface area contributed by atoms with Crippen LogP contribution in [0.25, 0.3) is 0 Å². The molecular formula is C22H28N4O5. The highest BCUT2D eigenvalue weighted by Crippen LogP contribution is 2.23. The zero-order chi connectivity index (χ0) is 22.4. The molecule has 31 heavy (non-hydrogen) atoms. The van der Waals surface area contributed by atoms with Crippen molar-refractivity contribution in [3.8, 4) is 11.5 Å². The number of rotatable bonds is 7. The number of hydrogen-bond donors (Lipinski definition) is 1. The Bertz CT molecular complexity index is 996. The summed E-state index contributed by atoms with van der Waals surface area (Å²) in [7, 11) is 2.97. The van der Waals surface area contributed by atoms with Crippen molar-refractivity contribution in [1.82, 2.24) is 14.4 Å². The van der Waals surface area contributed by atoms with Crippen molar-refractivity contribution in [2.45, 2.75) is 20.0 Å². The number of amides is 2. The third kappa shape index (κ3) is 5.64. The second-order valence-corrected chi connectivity index (χ2v) is 7.36. The first-order valence-electron chi connectivity index (χ1n) is 10.1. The van der Waals surface area contributed by atoms with Crippen molar-refractivity contribution in [3.05, 3.63) is 52.4 Å². The van der Waals surface area contributed by atoms with E-state index in [1.54, 1.807) is 41.8 Å². The van der Waals surface area contributed by atoms with Crippen LogP contribution in [0, 0.1) is 0 Å². The van der Waals surface area contributed by atoms with Gasteiger partial charge in [-0.15, -0.1) is 0 Å². The van der Waals surface area contributed by atoms with Crippen molar-refractivity contribution >= 4 is 17.5 Å². The van der Waals surface area contributed by atoms with Gasteiger partial charge in [-0.2, -0.15) is 0 Å². The quantitative estimate of drug-likeness (QED) is 0.712.